The first-order chi connectivity index (χ1) is 13.3. The van der Waals surface area contributed by atoms with Gasteiger partial charge in [-0.25, -0.2) is 10.2 Å². The number of imidazole rings is 1. The van der Waals surface area contributed by atoms with Crippen LogP contribution in [0.3, 0.4) is 0 Å². The molecule has 9 heteroatoms. The molecule has 2 aromatic heterocycles. The minimum atomic E-state index is -0.419. The van der Waals surface area contributed by atoms with Gasteiger partial charge in [-0.15, -0.1) is 0 Å². The van der Waals surface area contributed by atoms with Crippen LogP contribution in [0.15, 0.2) is 39.0 Å². The summed E-state index contributed by atoms with van der Waals surface area (Å²) in [6.45, 7) is 4.79. The lowest BCUT2D eigenvalue weighted by Crippen LogP contribution is -2.37. The van der Waals surface area contributed by atoms with Crippen molar-refractivity contribution in [1.82, 2.24) is 18.7 Å². The van der Waals surface area contributed by atoms with Crippen molar-refractivity contribution in [3.8, 4) is 0 Å². The fraction of sp³-hybridized carbons (Fsp3) is 0.368. The molecule has 0 saturated carbocycles. The minimum Gasteiger partial charge on any atom is -0.303 e. The van der Waals surface area contributed by atoms with E-state index in [9.17, 15) is 9.59 Å². The summed E-state index contributed by atoms with van der Waals surface area (Å²) < 4.78 is 4.24. The number of aryl methyl sites for hydroxylation is 2. The third-order valence-electron chi connectivity index (χ3n) is 4.55. The number of nitrogens with one attached hydrogen (secondary N) is 1. The second-order valence-corrected chi connectivity index (χ2v) is 7.45. The highest BCUT2D eigenvalue weighted by molar-refractivity contribution is 6.33. The Labute approximate surface area is 167 Å². The van der Waals surface area contributed by atoms with Gasteiger partial charge in [0.2, 0.25) is 5.95 Å². The van der Waals surface area contributed by atoms with Crippen LogP contribution in [0.5, 0.6) is 0 Å². The van der Waals surface area contributed by atoms with E-state index < -0.39 is 5.69 Å². The molecule has 0 unspecified atom stereocenters. The van der Waals surface area contributed by atoms with E-state index >= 15 is 0 Å². The van der Waals surface area contributed by atoms with Crippen molar-refractivity contribution in [2.45, 2.75) is 26.8 Å². The Morgan fingerprint density at radius 3 is 2.61 bits per heavy atom. The first-order valence-corrected chi connectivity index (χ1v) is 9.39. The molecular formula is C19H23ClN6O2. The van der Waals surface area contributed by atoms with E-state index in [2.05, 4.69) is 29.4 Å². The van der Waals surface area contributed by atoms with E-state index in [0.29, 0.717) is 34.6 Å². The van der Waals surface area contributed by atoms with Crippen LogP contribution in [0.1, 0.15) is 25.8 Å². The zero-order chi connectivity index (χ0) is 20.4. The molecule has 0 saturated heterocycles. The number of hydrazone groups is 1. The molecule has 148 valence electrons. The molecule has 0 fully saturated rings. The average molecular weight is 403 g/mol. The largest absolute Gasteiger partial charge is 0.332 e. The molecule has 0 aliphatic carbocycles. The summed E-state index contributed by atoms with van der Waals surface area (Å²) >= 11 is 6.14. The van der Waals surface area contributed by atoms with E-state index in [4.69, 9.17) is 11.6 Å². The van der Waals surface area contributed by atoms with Crippen molar-refractivity contribution >= 4 is 34.9 Å². The highest BCUT2D eigenvalue weighted by Gasteiger charge is 2.19. The van der Waals surface area contributed by atoms with Crippen LogP contribution in [-0.4, -0.2) is 24.9 Å². The Morgan fingerprint density at radius 1 is 1.21 bits per heavy atom. The van der Waals surface area contributed by atoms with Crippen molar-refractivity contribution in [2.24, 2.45) is 25.1 Å². The Balaban J connectivity index is 2.08. The lowest BCUT2D eigenvalue weighted by Gasteiger charge is -2.10. The average Bonchev–Trinajstić information content (AvgIpc) is 3.03. The van der Waals surface area contributed by atoms with Gasteiger partial charge in [0, 0.05) is 31.2 Å². The Morgan fingerprint density at radius 2 is 1.93 bits per heavy atom. The molecule has 8 nitrogen and oxygen atoms in total. The number of aromatic nitrogens is 4. The number of rotatable bonds is 6. The van der Waals surface area contributed by atoms with Crippen LogP contribution in [0, 0.1) is 5.92 Å². The second-order valence-electron chi connectivity index (χ2n) is 7.04. The first kappa shape index (κ1) is 19.9. The number of halogens is 1. The van der Waals surface area contributed by atoms with Crippen LogP contribution < -0.4 is 16.7 Å². The highest BCUT2D eigenvalue weighted by atomic mass is 35.5. The fourth-order valence-corrected chi connectivity index (χ4v) is 3.06. The van der Waals surface area contributed by atoms with Gasteiger partial charge in [-0.3, -0.25) is 13.9 Å². The maximum absolute atomic E-state index is 12.7. The zero-order valence-corrected chi connectivity index (χ0v) is 17.1. The second kappa shape index (κ2) is 8.02. The molecule has 0 spiro atoms. The summed E-state index contributed by atoms with van der Waals surface area (Å²) in [7, 11) is 3.06. The number of hydrogen-bond donors (Lipinski definition) is 1. The van der Waals surface area contributed by atoms with E-state index in [0.717, 1.165) is 16.6 Å². The third-order valence-corrected chi connectivity index (χ3v) is 4.90. The van der Waals surface area contributed by atoms with Gasteiger partial charge < -0.3 is 4.57 Å². The van der Waals surface area contributed by atoms with Gasteiger partial charge in [-0.05, 0) is 18.4 Å². The molecule has 28 heavy (non-hydrogen) atoms. The summed E-state index contributed by atoms with van der Waals surface area (Å²) in [5.74, 6) is 0.838. The molecule has 2 heterocycles. The summed E-state index contributed by atoms with van der Waals surface area (Å²) in [4.78, 5) is 29.4. The van der Waals surface area contributed by atoms with Gasteiger partial charge in [-0.2, -0.15) is 10.1 Å². The third kappa shape index (κ3) is 3.73. The lowest BCUT2D eigenvalue weighted by atomic mass is 10.1. The molecule has 3 rings (SSSR count). The fourth-order valence-electron chi connectivity index (χ4n) is 2.88. The number of nitrogens with zero attached hydrogens (tertiary/aromatic N) is 5. The normalized spacial score (nSPS) is 11.8. The zero-order valence-electron chi connectivity index (χ0n) is 16.3. The van der Waals surface area contributed by atoms with Gasteiger partial charge in [0.15, 0.2) is 11.2 Å². The highest BCUT2D eigenvalue weighted by Crippen LogP contribution is 2.18. The van der Waals surface area contributed by atoms with E-state index in [-0.39, 0.29) is 5.56 Å². The number of anilines is 1. The van der Waals surface area contributed by atoms with Crippen molar-refractivity contribution in [2.75, 3.05) is 5.43 Å². The summed E-state index contributed by atoms with van der Waals surface area (Å²) in [6, 6.07) is 7.33. The molecular weight excluding hydrogens is 380 g/mol. The molecule has 3 aromatic rings. The lowest BCUT2D eigenvalue weighted by molar-refractivity contribution is 0.524. The Bertz CT molecular complexity index is 1160. The molecule has 0 radical (unpaired) electrons. The predicted molar refractivity (Wildman–Crippen MR) is 112 cm³/mol. The molecule has 0 atom stereocenters. The Kier molecular flexibility index (Phi) is 5.69. The van der Waals surface area contributed by atoms with Crippen LogP contribution in [0.4, 0.5) is 5.95 Å². The number of fused-ring (bicyclic) bond motifs is 1. The van der Waals surface area contributed by atoms with Crippen LogP contribution in [0.25, 0.3) is 11.2 Å². The van der Waals surface area contributed by atoms with Crippen molar-refractivity contribution < 1.29 is 0 Å². The van der Waals surface area contributed by atoms with E-state index in [1.807, 2.05) is 18.2 Å². The van der Waals surface area contributed by atoms with Crippen LogP contribution in [0.2, 0.25) is 5.02 Å². The predicted octanol–water partition coefficient (Wildman–Crippen LogP) is 2.58. The van der Waals surface area contributed by atoms with Crippen LogP contribution >= 0.6 is 11.6 Å². The molecule has 0 aliphatic heterocycles. The molecule has 0 bridgehead atoms. The first-order valence-electron chi connectivity index (χ1n) is 9.01. The maximum Gasteiger partial charge on any atom is 0.332 e. The smallest absolute Gasteiger partial charge is 0.303 e. The number of benzene rings is 1. The standard InChI is InChI=1S/C19H23ClN6O2/c1-12(2)9-10-26-15-16(24(3)19(28)25(4)17(15)27)22-18(26)23-21-11-13-7-5-6-8-14(13)20/h5-8,11-12H,9-10H2,1-4H3,(H,22,23)/b21-11+. The van der Waals surface area contributed by atoms with Crippen molar-refractivity contribution in [3.05, 3.63) is 55.7 Å². The summed E-state index contributed by atoms with van der Waals surface area (Å²) in [5.41, 5.74) is 3.55. The van der Waals surface area contributed by atoms with Crippen molar-refractivity contribution in [1.29, 1.82) is 0 Å². The topological polar surface area (TPSA) is 86.2 Å². The Hall–Kier alpha value is -2.87. The van der Waals surface area contributed by atoms with E-state index in [1.54, 1.807) is 23.9 Å². The van der Waals surface area contributed by atoms with Gasteiger partial charge in [0.05, 0.1) is 6.21 Å². The van der Waals surface area contributed by atoms with Gasteiger partial charge in [0.25, 0.3) is 5.56 Å². The maximum atomic E-state index is 12.7. The molecule has 0 aliphatic rings. The quantitative estimate of drug-likeness (QED) is 0.507. The SMILES string of the molecule is CC(C)CCn1c(N/N=C/c2ccccc2Cl)nc2c1c(=O)n(C)c(=O)n2C. The van der Waals surface area contributed by atoms with Gasteiger partial charge in [0.1, 0.15) is 0 Å². The summed E-state index contributed by atoms with van der Waals surface area (Å²) in [5, 5.41) is 4.80. The van der Waals surface area contributed by atoms with Gasteiger partial charge >= 0.3 is 5.69 Å². The minimum absolute atomic E-state index is 0.326. The summed E-state index contributed by atoms with van der Waals surface area (Å²) in [6.07, 6.45) is 2.44. The van der Waals surface area contributed by atoms with Crippen molar-refractivity contribution in [3.63, 3.8) is 0 Å². The monoisotopic (exact) mass is 402 g/mol. The molecule has 1 N–H and O–H groups in total. The number of hydrogen-bond acceptors (Lipinski definition) is 5. The molecule has 1 aromatic carbocycles. The van der Waals surface area contributed by atoms with Gasteiger partial charge in [-0.1, -0.05) is 43.6 Å². The van der Waals surface area contributed by atoms with E-state index in [1.165, 1.54) is 11.6 Å². The molecule has 0 amide bonds. The van der Waals surface area contributed by atoms with Crippen LogP contribution in [-0.2, 0) is 20.6 Å².